The molecule has 0 radical (unpaired) electrons. The maximum atomic E-state index is 15.2. The van der Waals surface area contributed by atoms with Crippen LogP contribution in [0.3, 0.4) is 0 Å². The Balaban J connectivity index is 1.48. The molecule has 146 valence electrons. The predicted molar refractivity (Wildman–Crippen MR) is 98.7 cm³/mol. The van der Waals surface area contributed by atoms with E-state index in [1.54, 1.807) is 13.0 Å². The predicted octanol–water partition coefficient (Wildman–Crippen LogP) is 6.90. The molecular formula is C22H31F3O. The molecule has 0 heterocycles. The second-order valence-corrected chi connectivity index (χ2v) is 8.71. The highest BCUT2D eigenvalue weighted by Crippen LogP contribution is 2.45. The standard InChI is InChI=1S/C22H31F3O/c1-21(24)10-5-16(6-11-21)7-12-22(25)13-8-17(9-14-22)18-3-4-20(26-2)19(23)15-18/h3-4,15-17H,5-14H2,1-2H3. The van der Waals surface area contributed by atoms with Crippen molar-refractivity contribution < 1.29 is 17.9 Å². The van der Waals surface area contributed by atoms with Crippen LogP contribution in [0, 0.1) is 11.7 Å². The maximum Gasteiger partial charge on any atom is 0.165 e. The zero-order valence-electron chi connectivity index (χ0n) is 16.0. The lowest BCUT2D eigenvalue weighted by molar-refractivity contribution is 0.0627. The van der Waals surface area contributed by atoms with Gasteiger partial charge in [-0.2, -0.15) is 0 Å². The molecule has 0 amide bonds. The van der Waals surface area contributed by atoms with Crippen LogP contribution in [0.25, 0.3) is 0 Å². The van der Waals surface area contributed by atoms with Crippen molar-refractivity contribution in [2.75, 3.05) is 7.11 Å². The highest BCUT2D eigenvalue weighted by Gasteiger charge is 2.37. The average Bonchev–Trinajstić information content (AvgIpc) is 2.61. The Bertz CT molecular complexity index is 595. The highest BCUT2D eigenvalue weighted by molar-refractivity contribution is 5.31. The smallest absolute Gasteiger partial charge is 0.165 e. The summed E-state index contributed by atoms with van der Waals surface area (Å²) in [5.41, 5.74) is -1.17. The van der Waals surface area contributed by atoms with Gasteiger partial charge in [-0.15, -0.1) is 0 Å². The second kappa shape index (κ2) is 7.82. The van der Waals surface area contributed by atoms with E-state index < -0.39 is 11.3 Å². The van der Waals surface area contributed by atoms with Gasteiger partial charge >= 0.3 is 0 Å². The van der Waals surface area contributed by atoms with E-state index in [1.165, 1.54) is 13.2 Å². The van der Waals surface area contributed by atoms with Crippen LogP contribution in [0.15, 0.2) is 18.2 Å². The topological polar surface area (TPSA) is 9.23 Å². The first-order valence-electron chi connectivity index (χ1n) is 10.0. The van der Waals surface area contributed by atoms with E-state index in [4.69, 9.17) is 4.74 Å². The summed E-state index contributed by atoms with van der Waals surface area (Å²) in [6.45, 7) is 1.68. The number of alkyl halides is 2. The Kier molecular flexibility index (Phi) is 5.88. The molecule has 2 aliphatic rings. The van der Waals surface area contributed by atoms with E-state index in [2.05, 4.69) is 0 Å². The molecule has 0 saturated heterocycles. The largest absolute Gasteiger partial charge is 0.494 e. The molecule has 1 nitrogen and oxygen atoms in total. The Morgan fingerprint density at radius 2 is 1.69 bits per heavy atom. The van der Waals surface area contributed by atoms with Crippen molar-refractivity contribution >= 4 is 0 Å². The van der Waals surface area contributed by atoms with Crippen LogP contribution in [-0.2, 0) is 0 Å². The number of hydrogen-bond acceptors (Lipinski definition) is 1. The van der Waals surface area contributed by atoms with Gasteiger partial charge in [0.2, 0.25) is 0 Å². The number of benzene rings is 1. The maximum absolute atomic E-state index is 15.2. The van der Waals surface area contributed by atoms with Crippen LogP contribution < -0.4 is 4.74 Å². The molecule has 0 N–H and O–H groups in total. The van der Waals surface area contributed by atoms with Crippen LogP contribution in [0.1, 0.15) is 82.6 Å². The van der Waals surface area contributed by atoms with Crippen molar-refractivity contribution in [2.45, 2.75) is 88.4 Å². The van der Waals surface area contributed by atoms with Gasteiger partial charge in [-0.1, -0.05) is 6.07 Å². The fourth-order valence-electron chi connectivity index (χ4n) is 4.69. The number of halogens is 3. The fraction of sp³-hybridized carbons (Fsp3) is 0.727. The number of hydrogen-bond donors (Lipinski definition) is 0. The Hall–Kier alpha value is -1.19. The molecule has 26 heavy (non-hydrogen) atoms. The van der Waals surface area contributed by atoms with E-state index in [9.17, 15) is 8.78 Å². The van der Waals surface area contributed by atoms with Gasteiger partial charge < -0.3 is 4.74 Å². The number of methoxy groups -OCH3 is 1. The van der Waals surface area contributed by atoms with Gasteiger partial charge in [0.1, 0.15) is 11.3 Å². The summed E-state index contributed by atoms with van der Waals surface area (Å²) in [5.74, 6) is 0.599. The molecular weight excluding hydrogens is 337 g/mol. The Morgan fingerprint density at radius 1 is 1.04 bits per heavy atom. The van der Waals surface area contributed by atoms with Crippen molar-refractivity contribution in [1.29, 1.82) is 0 Å². The first-order valence-corrected chi connectivity index (χ1v) is 10.0. The fourth-order valence-corrected chi connectivity index (χ4v) is 4.69. The molecule has 1 aromatic carbocycles. The van der Waals surface area contributed by atoms with Crippen molar-refractivity contribution in [1.82, 2.24) is 0 Å². The van der Waals surface area contributed by atoms with E-state index in [0.29, 0.717) is 38.0 Å². The number of ether oxygens (including phenoxy) is 1. The summed E-state index contributed by atoms with van der Waals surface area (Å²) in [5, 5.41) is 0. The molecule has 0 spiro atoms. The molecule has 2 saturated carbocycles. The van der Waals surface area contributed by atoms with Gasteiger partial charge in [-0.05, 0) is 101 Å². The second-order valence-electron chi connectivity index (χ2n) is 8.71. The zero-order valence-corrected chi connectivity index (χ0v) is 16.0. The summed E-state index contributed by atoms with van der Waals surface area (Å²) in [6, 6.07) is 5.09. The lowest BCUT2D eigenvalue weighted by atomic mass is 9.72. The van der Waals surface area contributed by atoms with E-state index >= 15 is 4.39 Å². The van der Waals surface area contributed by atoms with E-state index in [-0.39, 0.29) is 17.5 Å². The van der Waals surface area contributed by atoms with Crippen LogP contribution in [0.4, 0.5) is 13.2 Å². The van der Waals surface area contributed by atoms with Gasteiger partial charge in [0.25, 0.3) is 0 Å². The Morgan fingerprint density at radius 3 is 2.27 bits per heavy atom. The molecule has 0 aromatic heterocycles. The minimum absolute atomic E-state index is 0.223. The van der Waals surface area contributed by atoms with Gasteiger partial charge in [0.15, 0.2) is 11.6 Å². The third-order valence-corrected chi connectivity index (χ3v) is 6.68. The average molecular weight is 368 g/mol. The molecule has 0 unspecified atom stereocenters. The molecule has 0 bridgehead atoms. The van der Waals surface area contributed by atoms with Crippen LogP contribution in [0.5, 0.6) is 5.75 Å². The molecule has 2 aliphatic carbocycles. The van der Waals surface area contributed by atoms with Gasteiger partial charge in [0.05, 0.1) is 7.11 Å². The van der Waals surface area contributed by atoms with E-state index in [0.717, 1.165) is 37.7 Å². The first kappa shape index (κ1) is 19.6. The third kappa shape index (κ3) is 4.75. The monoisotopic (exact) mass is 368 g/mol. The summed E-state index contributed by atoms with van der Waals surface area (Å²) in [6.07, 6.45) is 7.05. The third-order valence-electron chi connectivity index (χ3n) is 6.68. The molecule has 0 aliphatic heterocycles. The molecule has 3 rings (SSSR count). The van der Waals surface area contributed by atoms with Crippen LogP contribution in [0.2, 0.25) is 0 Å². The first-order chi connectivity index (χ1) is 12.3. The summed E-state index contributed by atoms with van der Waals surface area (Å²) in [7, 11) is 1.45. The van der Waals surface area contributed by atoms with Gasteiger partial charge in [-0.25, -0.2) is 13.2 Å². The minimum Gasteiger partial charge on any atom is -0.494 e. The van der Waals surface area contributed by atoms with Gasteiger partial charge in [-0.3, -0.25) is 0 Å². The minimum atomic E-state index is -1.10. The van der Waals surface area contributed by atoms with Crippen LogP contribution >= 0.6 is 0 Å². The summed E-state index contributed by atoms with van der Waals surface area (Å²) in [4.78, 5) is 0. The van der Waals surface area contributed by atoms with Gasteiger partial charge in [0, 0.05) is 0 Å². The molecule has 0 atom stereocenters. The lowest BCUT2D eigenvalue weighted by Gasteiger charge is -2.36. The zero-order chi connectivity index (χ0) is 18.8. The van der Waals surface area contributed by atoms with Crippen molar-refractivity contribution in [2.24, 2.45) is 5.92 Å². The van der Waals surface area contributed by atoms with Crippen molar-refractivity contribution in [3.05, 3.63) is 29.6 Å². The summed E-state index contributed by atoms with van der Waals surface area (Å²) >= 11 is 0. The SMILES string of the molecule is COc1ccc(C2CCC(F)(CCC3CCC(C)(F)CC3)CC2)cc1F. The van der Waals surface area contributed by atoms with Crippen molar-refractivity contribution in [3.8, 4) is 5.75 Å². The highest BCUT2D eigenvalue weighted by atomic mass is 19.1. The van der Waals surface area contributed by atoms with E-state index in [1.807, 2.05) is 6.07 Å². The molecule has 1 aromatic rings. The lowest BCUT2D eigenvalue weighted by Crippen LogP contribution is -2.31. The van der Waals surface area contributed by atoms with Crippen molar-refractivity contribution in [3.63, 3.8) is 0 Å². The number of rotatable bonds is 5. The Labute approximate surface area is 155 Å². The quantitative estimate of drug-likeness (QED) is 0.549. The molecule has 4 heteroatoms. The van der Waals surface area contributed by atoms with Crippen LogP contribution in [-0.4, -0.2) is 18.4 Å². The summed E-state index contributed by atoms with van der Waals surface area (Å²) < 4.78 is 48.0. The normalized spacial score (nSPS) is 35.3. The molecule has 2 fully saturated rings.